The molecule has 0 unspecified atom stereocenters. The highest BCUT2D eigenvalue weighted by atomic mass is 35.5. The summed E-state index contributed by atoms with van der Waals surface area (Å²) < 4.78 is 15.6. The number of Topliss-reactive ketones (excluding diaryl/α,β-unsaturated/α-hetero) is 2. The van der Waals surface area contributed by atoms with Gasteiger partial charge >= 0.3 is 0 Å². The molecule has 0 saturated heterocycles. The number of ketones is 2. The minimum Gasteiger partial charge on any atom is -0.345 e. The van der Waals surface area contributed by atoms with Gasteiger partial charge in [-0.25, -0.2) is 4.39 Å². The molecule has 0 aliphatic rings. The van der Waals surface area contributed by atoms with Crippen LogP contribution in [0.25, 0.3) is 10.9 Å². The van der Waals surface area contributed by atoms with Gasteiger partial charge in [0.05, 0.1) is 29.7 Å². The monoisotopic (exact) mass is 867 g/mol. The zero-order chi connectivity index (χ0) is 45.0. The molecule has 12 nitrogen and oxygen atoms in total. The van der Waals surface area contributed by atoms with Gasteiger partial charge < -0.3 is 38.1 Å². The molecule has 0 fully saturated rings. The number of para-hydroxylation sites is 1. The van der Waals surface area contributed by atoms with Crippen LogP contribution in [0, 0.1) is 5.82 Å². The van der Waals surface area contributed by atoms with Crippen LogP contribution in [0.1, 0.15) is 60.8 Å². The highest BCUT2D eigenvalue weighted by molar-refractivity contribution is 6.30. The molecule has 0 saturated carbocycles. The van der Waals surface area contributed by atoms with Crippen LogP contribution in [0.3, 0.4) is 0 Å². The van der Waals surface area contributed by atoms with Crippen molar-refractivity contribution < 1.29 is 23.6 Å². The molecule has 5 rings (SSSR count). The maximum atomic E-state index is 14.0. The molecule has 10 N–H and O–H groups in total. The van der Waals surface area contributed by atoms with Crippen molar-refractivity contribution in [1.82, 2.24) is 15.2 Å². The number of nitrogens with one attached hydrogen (secondary N) is 2. The fraction of sp³-hybridized carbons (Fsp3) is 0.354. The Morgan fingerprint density at radius 2 is 1.11 bits per heavy atom. The Bertz CT molecular complexity index is 2290. The highest BCUT2D eigenvalue weighted by Gasteiger charge is 2.26. The smallest absolute Gasteiger partial charge is 0.254 e. The van der Waals surface area contributed by atoms with E-state index in [9.17, 15) is 28.4 Å². The topological polar surface area (TPSA) is 218 Å². The van der Waals surface area contributed by atoms with Gasteiger partial charge in [-0.15, -0.1) is 0 Å². The molecule has 1 aromatic heterocycles. The molecular formula is C48H59ClFN7O5. The van der Waals surface area contributed by atoms with Crippen molar-refractivity contribution in [3.05, 3.63) is 153 Å². The minimum absolute atomic E-state index is 0.0602. The molecule has 4 aromatic carbocycles. The van der Waals surface area contributed by atoms with Crippen LogP contribution in [0.15, 0.2) is 114 Å². The van der Waals surface area contributed by atoms with E-state index in [0.717, 1.165) is 22.0 Å². The lowest BCUT2D eigenvalue weighted by Crippen LogP contribution is -2.49. The first-order chi connectivity index (χ1) is 29.8. The van der Waals surface area contributed by atoms with Gasteiger partial charge in [0.1, 0.15) is 5.82 Å². The van der Waals surface area contributed by atoms with E-state index in [1.165, 1.54) is 18.2 Å². The predicted molar refractivity (Wildman–Crippen MR) is 244 cm³/mol. The second kappa shape index (κ2) is 25.4. The molecule has 0 aliphatic carbocycles. The second-order valence-corrected chi connectivity index (χ2v) is 15.8. The van der Waals surface area contributed by atoms with Crippen LogP contribution in [0.5, 0.6) is 0 Å². The Morgan fingerprint density at radius 3 is 1.61 bits per heavy atom. The van der Waals surface area contributed by atoms with Gasteiger partial charge in [0, 0.05) is 30.5 Å². The van der Waals surface area contributed by atoms with E-state index < -0.39 is 35.9 Å². The van der Waals surface area contributed by atoms with E-state index in [2.05, 4.69) is 10.6 Å². The third-order valence-electron chi connectivity index (χ3n) is 10.6. The Labute approximate surface area is 367 Å². The molecule has 0 spiro atoms. The van der Waals surface area contributed by atoms with Crippen molar-refractivity contribution in [2.45, 2.75) is 88.4 Å². The summed E-state index contributed by atoms with van der Waals surface area (Å²) in [5.74, 6) is -1.78. The number of nitrogens with zero attached hydrogens (tertiary/aromatic N) is 1. The third kappa shape index (κ3) is 15.4. The Kier molecular flexibility index (Phi) is 20.1. The largest absolute Gasteiger partial charge is 0.345 e. The fourth-order valence-corrected chi connectivity index (χ4v) is 7.15. The van der Waals surface area contributed by atoms with Crippen LogP contribution < -0.4 is 39.1 Å². The lowest BCUT2D eigenvalue weighted by Gasteiger charge is -2.20. The molecule has 2 amide bonds. The predicted octanol–water partition coefficient (Wildman–Crippen LogP) is 4.61. The Hall–Kier alpha value is -5.57. The molecule has 0 radical (unpaired) electrons. The normalized spacial score (nSPS) is 13.0. The van der Waals surface area contributed by atoms with Crippen LogP contribution in [-0.2, 0) is 51.9 Å². The summed E-state index contributed by atoms with van der Waals surface area (Å²) in [5, 5.41) is 6.80. The number of halogens is 2. The number of fused-ring (bicyclic) bond motifs is 1. The van der Waals surface area contributed by atoms with Gasteiger partial charge in [0.15, 0.2) is 11.6 Å². The number of rotatable bonds is 22. The van der Waals surface area contributed by atoms with Gasteiger partial charge in [0.25, 0.3) is 5.56 Å². The number of hydrogen-bond donors (Lipinski definition) is 6. The maximum Gasteiger partial charge on any atom is 0.254 e. The number of aromatic nitrogens is 1. The number of amides is 2. The molecule has 5 aromatic rings. The molecule has 330 valence electrons. The standard InChI is InChI=1S/C26H32N4O3.C22H27ClFN3O2/c1-30-23-12-6-5-10-19(23)16-20(26(30)33)17-24(31)22(14-13-18-8-3-2-4-9-18)29-25(32)21(28)11-7-15-27;23-17-9-10-18(24)16(13-17)14-21(28)20(11-8-15-5-2-1-3-6-15)27-22(29)19(26)7-4-12-25/h2-6,8-10,12,16,21-22H,7,11,13-15,17,27-28H2,1H3,(H,29,32);1-3,5-6,9-10,13,19-20H,4,7-8,11-12,14,25-26H2,(H,27,29)/t21-,22+;19-,20+/m00/s1. The number of benzene rings is 4. The Balaban J connectivity index is 0.000000275. The fourth-order valence-electron chi connectivity index (χ4n) is 6.95. The minimum atomic E-state index is -0.773. The summed E-state index contributed by atoms with van der Waals surface area (Å²) in [4.78, 5) is 64.1. The highest BCUT2D eigenvalue weighted by Crippen LogP contribution is 2.18. The van der Waals surface area contributed by atoms with Crippen molar-refractivity contribution in [3.63, 3.8) is 0 Å². The van der Waals surface area contributed by atoms with E-state index in [0.29, 0.717) is 75.0 Å². The van der Waals surface area contributed by atoms with E-state index in [-0.39, 0.29) is 41.4 Å². The number of hydrogen-bond acceptors (Lipinski definition) is 9. The molecule has 1 heterocycles. The summed E-state index contributed by atoms with van der Waals surface area (Å²) in [6.45, 7) is 0.883. The van der Waals surface area contributed by atoms with Gasteiger partial charge in [-0.1, -0.05) is 90.5 Å². The van der Waals surface area contributed by atoms with Crippen molar-refractivity contribution in [1.29, 1.82) is 0 Å². The molecule has 14 heteroatoms. The summed E-state index contributed by atoms with van der Waals surface area (Å²) in [7, 11) is 1.70. The molecular weight excluding hydrogens is 809 g/mol. The average molecular weight is 868 g/mol. The maximum absolute atomic E-state index is 14.0. The third-order valence-corrected chi connectivity index (χ3v) is 10.8. The number of aryl methyl sites for hydroxylation is 3. The van der Waals surface area contributed by atoms with E-state index in [1.807, 2.05) is 84.9 Å². The number of nitrogens with two attached hydrogens (primary N) is 4. The van der Waals surface area contributed by atoms with Crippen LogP contribution in [0.4, 0.5) is 4.39 Å². The van der Waals surface area contributed by atoms with Gasteiger partial charge in [-0.2, -0.15) is 0 Å². The first-order valence-corrected chi connectivity index (χ1v) is 21.4. The SMILES string of the molecule is Cn1c(=O)c(CC(=O)[C@@H](CCc2ccccc2)NC(=O)[C@@H](N)CCCN)cc2ccccc21.NCCC[C@H](N)C(=O)N[C@H](CCc1ccccc1)C(=O)Cc1cc(Cl)ccc1F. The number of carbonyl (C=O) groups excluding carboxylic acids is 4. The van der Waals surface area contributed by atoms with Crippen molar-refractivity contribution in [2.24, 2.45) is 30.0 Å². The average Bonchev–Trinajstić information content (AvgIpc) is 3.28. The molecule has 0 aliphatic heterocycles. The second-order valence-electron chi connectivity index (χ2n) is 15.4. The summed E-state index contributed by atoms with van der Waals surface area (Å²) >= 11 is 5.92. The van der Waals surface area contributed by atoms with Crippen molar-refractivity contribution >= 4 is 45.9 Å². The van der Waals surface area contributed by atoms with Gasteiger partial charge in [-0.3, -0.25) is 24.0 Å². The van der Waals surface area contributed by atoms with Crippen molar-refractivity contribution in [3.8, 4) is 0 Å². The van der Waals surface area contributed by atoms with Crippen LogP contribution >= 0.6 is 11.6 Å². The van der Waals surface area contributed by atoms with E-state index in [1.54, 1.807) is 17.7 Å². The molecule has 4 atom stereocenters. The summed E-state index contributed by atoms with van der Waals surface area (Å²) in [5.41, 5.74) is 26.2. The van der Waals surface area contributed by atoms with Crippen LogP contribution in [0.2, 0.25) is 5.02 Å². The summed E-state index contributed by atoms with van der Waals surface area (Å²) in [6.07, 6.45) is 3.93. The Morgan fingerprint density at radius 1 is 0.645 bits per heavy atom. The number of carbonyl (C=O) groups is 4. The van der Waals surface area contributed by atoms with Crippen LogP contribution in [-0.4, -0.2) is 65.2 Å². The molecule has 62 heavy (non-hydrogen) atoms. The first-order valence-electron chi connectivity index (χ1n) is 21.0. The summed E-state index contributed by atoms with van der Waals surface area (Å²) in [6, 6.07) is 29.8. The van der Waals surface area contributed by atoms with E-state index in [4.69, 9.17) is 34.5 Å². The van der Waals surface area contributed by atoms with Crippen molar-refractivity contribution in [2.75, 3.05) is 13.1 Å². The zero-order valence-electron chi connectivity index (χ0n) is 35.2. The zero-order valence-corrected chi connectivity index (χ0v) is 36.0. The molecule has 0 bridgehead atoms. The number of pyridine rings is 1. The first kappa shape index (κ1) is 49.1. The lowest BCUT2D eigenvalue weighted by molar-refractivity contribution is -0.128. The van der Waals surface area contributed by atoms with Gasteiger partial charge in [-0.05, 0) is 117 Å². The van der Waals surface area contributed by atoms with Gasteiger partial charge in [0.2, 0.25) is 11.8 Å². The quantitative estimate of drug-likeness (QED) is 0.0572. The van der Waals surface area contributed by atoms with E-state index >= 15 is 0 Å². The lowest BCUT2D eigenvalue weighted by atomic mass is 9.97.